The Morgan fingerprint density at radius 2 is 2.13 bits per heavy atom. The van der Waals surface area contributed by atoms with Gasteiger partial charge >= 0.3 is 0 Å². The van der Waals surface area contributed by atoms with Gasteiger partial charge < -0.3 is 20.1 Å². The summed E-state index contributed by atoms with van der Waals surface area (Å²) < 4.78 is 5.88. The summed E-state index contributed by atoms with van der Waals surface area (Å²) >= 11 is 0. The fourth-order valence-corrected chi connectivity index (χ4v) is 2.46. The summed E-state index contributed by atoms with van der Waals surface area (Å²) in [6, 6.07) is 8.05. The zero-order valence-electron chi connectivity index (χ0n) is 14.2. The Hall–Kier alpha value is -1.02. The van der Waals surface area contributed by atoms with Gasteiger partial charge in [-0.3, -0.25) is 0 Å². The molecular weight excluding hydrogens is 405 g/mol. The van der Waals surface area contributed by atoms with Crippen LogP contribution in [0.5, 0.6) is 5.75 Å². The summed E-state index contributed by atoms with van der Waals surface area (Å²) in [5.74, 6) is 1.73. The van der Waals surface area contributed by atoms with Crippen LogP contribution in [0.4, 0.5) is 0 Å². The van der Waals surface area contributed by atoms with Crippen molar-refractivity contribution in [3.05, 3.63) is 29.8 Å². The Labute approximate surface area is 156 Å². The first-order valence-electron chi connectivity index (χ1n) is 8.03. The molecule has 0 spiro atoms. The van der Waals surface area contributed by atoms with Crippen LogP contribution in [-0.2, 0) is 0 Å². The van der Waals surface area contributed by atoms with Gasteiger partial charge in [0.1, 0.15) is 11.9 Å². The molecule has 2 rings (SSSR count). The third-order valence-corrected chi connectivity index (χ3v) is 3.65. The smallest absolute Gasteiger partial charge is 0.194 e. The van der Waals surface area contributed by atoms with Crippen LogP contribution in [0.15, 0.2) is 29.3 Å². The van der Waals surface area contributed by atoms with Crippen LogP contribution >= 0.6 is 24.0 Å². The molecule has 1 heterocycles. The minimum Gasteiger partial charge on any atom is -0.489 e. The molecule has 0 aliphatic carbocycles. The van der Waals surface area contributed by atoms with E-state index in [0.717, 1.165) is 31.2 Å². The first-order valence-corrected chi connectivity index (χ1v) is 8.03. The van der Waals surface area contributed by atoms with Crippen LogP contribution in [0, 0.1) is 6.92 Å². The topological polar surface area (TPSA) is 57.1 Å². The number of β-amino-alcohol motifs (C(OH)–C–C–N with tert-alkyl or cyclic N) is 1. The van der Waals surface area contributed by atoms with E-state index in [1.54, 1.807) is 0 Å². The Kier molecular flexibility index (Phi) is 8.68. The highest BCUT2D eigenvalue weighted by Crippen LogP contribution is 2.14. The van der Waals surface area contributed by atoms with Crippen LogP contribution in [0.2, 0.25) is 0 Å². The molecule has 1 aromatic carbocycles. The molecule has 0 aromatic heterocycles. The summed E-state index contributed by atoms with van der Waals surface area (Å²) in [5.41, 5.74) is 1.22. The van der Waals surface area contributed by atoms with Gasteiger partial charge in [-0.15, -0.1) is 24.0 Å². The maximum atomic E-state index is 9.66. The van der Waals surface area contributed by atoms with Crippen molar-refractivity contribution in [1.82, 2.24) is 10.2 Å². The molecule has 1 aliphatic heterocycles. The number of halogens is 1. The minimum absolute atomic E-state index is 0. The van der Waals surface area contributed by atoms with Gasteiger partial charge in [-0.2, -0.15) is 0 Å². The first-order chi connectivity index (χ1) is 10.6. The third-order valence-electron chi connectivity index (χ3n) is 3.65. The van der Waals surface area contributed by atoms with Crippen LogP contribution in [0.1, 0.15) is 25.8 Å². The number of hydrogen-bond acceptors (Lipinski definition) is 3. The number of aliphatic imine (C=N–C) groups is 1. The Bertz CT molecular complexity index is 493. The second kappa shape index (κ2) is 9.97. The number of likely N-dealkylation sites (tertiary alicyclic amines) is 1. The number of benzene rings is 1. The van der Waals surface area contributed by atoms with E-state index < -0.39 is 0 Å². The zero-order valence-corrected chi connectivity index (χ0v) is 16.5. The van der Waals surface area contributed by atoms with Gasteiger partial charge in [0.2, 0.25) is 0 Å². The quantitative estimate of drug-likeness (QED) is 0.426. The lowest BCUT2D eigenvalue weighted by Gasteiger charge is -2.22. The monoisotopic (exact) mass is 433 g/mol. The van der Waals surface area contributed by atoms with Crippen LogP contribution in [-0.4, -0.2) is 54.4 Å². The lowest BCUT2D eigenvalue weighted by Crippen LogP contribution is -2.41. The van der Waals surface area contributed by atoms with Gasteiger partial charge in [-0.1, -0.05) is 17.7 Å². The molecule has 1 saturated heterocycles. The van der Waals surface area contributed by atoms with Crippen LogP contribution in [0.3, 0.4) is 0 Å². The van der Waals surface area contributed by atoms with Crippen molar-refractivity contribution >= 4 is 29.9 Å². The van der Waals surface area contributed by atoms with Crippen molar-refractivity contribution in [1.29, 1.82) is 0 Å². The van der Waals surface area contributed by atoms with Gasteiger partial charge in [0.15, 0.2) is 5.96 Å². The van der Waals surface area contributed by atoms with E-state index in [1.165, 1.54) is 5.56 Å². The van der Waals surface area contributed by atoms with E-state index >= 15 is 0 Å². The lowest BCUT2D eigenvalue weighted by molar-refractivity contribution is 0.187. The molecule has 1 fully saturated rings. The van der Waals surface area contributed by atoms with Gasteiger partial charge in [-0.25, -0.2) is 4.99 Å². The number of aliphatic hydroxyl groups excluding tert-OH is 1. The number of guanidine groups is 1. The number of rotatable bonds is 5. The number of aliphatic hydroxyl groups is 1. The third kappa shape index (κ3) is 6.55. The molecule has 130 valence electrons. The molecular formula is C17H28IN3O2. The van der Waals surface area contributed by atoms with E-state index in [-0.39, 0.29) is 36.2 Å². The molecule has 6 heteroatoms. The highest BCUT2D eigenvalue weighted by molar-refractivity contribution is 14.0. The molecule has 2 atom stereocenters. The highest BCUT2D eigenvalue weighted by Gasteiger charge is 2.22. The lowest BCUT2D eigenvalue weighted by atomic mass is 10.2. The Morgan fingerprint density at radius 3 is 2.70 bits per heavy atom. The largest absolute Gasteiger partial charge is 0.489 e. The molecule has 2 N–H and O–H groups in total. The Morgan fingerprint density at radius 1 is 1.43 bits per heavy atom. The minimum atomic E-state index is -0.245. The molecule has 0 bridgehead atoms. The van der Waals surface area contributed by atoms with E-state index in [2.05, 4.69) is 22.1 Å². The average molecular weight is 433 g/mol. The molecule has 0 radical (unpaired) electrons. The van der Waals surface area contributed by atoms with E-state index in [4.69, 9.17) is 4.74 Å². The van der Waals surface area contributed by atoms with Crippen molar-refractivity contribution in [2.45, 2.75) is 39.4 Å². The SMILES string of the molecule is CCNC(=NCC(C)Oc1ccc(C)cc1)N1CC[C@@H](O)C1.I. The predicted octanol–water partition coefficient (Wildman–Crippen LogP) is 2.41. The Balaban J connectivity index is 0.00000264. The highest BCUT2D eigenvalue weighted by atomic mass is 127. The standard InChI is InChI=1S/C17H27N3O2.HI/c1-4-18-17(20-10-9-15(21)12-20)19-11-14(3)22-16-7-5-13(2)6-8-16;/h5-8,14-15,21H,4,9-12H2,1-3H3,(H,18,19);1H/t14?,15-;/m1./s1. The molecule has 1 unspecified atom stereocenters. The van der Waals surface area contributed by atoms with Crippen molar-refractivity contribution in [3.63, 3.8) is 0 Å². The molecule has 0 amide bonds. The summed E-state index contributed by atoms with van der Waals surface area (Å²) in [7, 11) is 0. The molecule has 0 saturated carbocycles. The zero-order chi connectivity index (χ0) is 15.9. The second-order valence-corrected chi connectivity index (χ2v) is 5.82. The van der Waals surface area contributed by atoms with Crippen molar-refractivity contribution in [3.8, 4) is 5.75 Å². The van der Waals surface area contributed by atoms with Gasteiger partial charge in [0.05, 0.1) is 12.6 Å². The van der Waals surface area contributed by atoms with E-state index in [1.807, 2.05) is 38.1 Å². The summed E-state index contributed by atoms with van der Waals surface area (Å²) in [6.45, 7) is 9.03. The fraction of sp³-hybridized carbons (Fsp3) is 0.588. The molecule has 1 aliphatic rings. The summed E-state index contributed by atoms with van der Waals surface area (Å²) in [6.07, 6.45) is 0.564. The van der Waals surface area contributed by atoms with E-state index in [0.29, 0.717) is 13.1 Å². The van der Waals surface area contributed by atoms with Gasteiger partial charge in [0, 0.05) is 19.6 Å². The molecule has 1 aromatic rings. The van der Waals surface area contributed by atoms with Crippen LogP contribution < -0.4 is 10.1 Å². The predicted molar refractivity (Wildman–Crippen MR) is 105 cm³/mol. The number of ether oxygens (including phenoxy) is 1. The molecule has 23 heavy (non-hydrogen) atoms. The fourth-order valence-electron chi connectivity index (χ4n) is 2.46. The normalized spacial score (nSPS) is 19.2. The van der Waals surface area contributed by atoms with Gasteiger partial charge in [0.25, 0.3) is 0 Å². The summed E-state index contributed by atoms with van der Waals surface area (Å²) in [4.78, 5) is 6.74. The number of hydrogen-bond donors (Lipinski definition) is 2. The average Bonchev–Trinajstić information content (AvgIpc) is 2.92. The number of aryl methyl sites for hydroxylation is 1. The van der Waals surface area contributed by atoms with Gasteiger partial charge in [-0.05, 0) is 39.3 Å². The maximum absolute atomic E-state index is 9.66. The maximum Gasteiger partial charge on any atom is 0.194 e. The van der Waals surface area contributed by atoms with Crippen molar-refractivity contribution in [2.75, 3.05) is 26.2 Å². The van der Waals surface area contributed by atoms with Crippen molar-refractivity contribution in [2.24, 2.45) is 4.99 Å². The second-order valence-electron chi connectivity index (χ2n) is 5.82. The van der Waals surface area contributed by atoms with Crippen molar-refractivity contribution < 1.29 is 9.84 Å². The number of nitrogens with zero attached hydrogens (tertiary/aromatic N) is 2. The number of nitrogens with one attached hydrogen (secondary N) is 1. The summed E-state index contributed by atoms with van der Waals surface area (Å²) in [5, 5.41) is 12.9. The first kappa shape index (κ1) is 20.0. The molecule has 5 nitrogen and oxygen atoms in total. The van der Waals surface area contributed by atoms with E-state index in [9.17, 15) is 5.11 Å². The van der Waals surface area contributed by atoms with Crippen LogP contribution in [0.25, 0.3) is 0 Å².